The maximum Gasteiger partial charge on any atom is 0.0689 e. The van der Waals surface area contributed by atoms with Crippen LogP contribution in [-0.2, 0) is 5.88 Å². The van der Waals surface area contributed by atoms with Gasteiger partial charge in [-0.2, -0.15) is 4.37 Å². The van der Waals surface area contributed by atoms with Crippen molar-refractivity contribution in [2.24, 2.45) is 0 Å². The van der Waals surface area contributed by atoms with E-state index in [4.69, 9.17) is 11.6 Å². The summed E-state index contributed by atoms with van der Waals surface area (Å²) in [4.78, 5) is 0. The van der Waals surface area contributed by atoms with Crippen LogP contribution in [0.4, 0.5) is 0 Å². The number of hydrogen-bond donors (Lipinski definition) is 0. The number of aromatic nitrogens is 1. The first-order chi connectivity index (χ1) is 3.43. The molecular formula is C4H4ClNS. The average Bonchev–Trinajstić information content (AvgIpc) is 2.14. The molecule has 1 heterocycles. The predicted octanol–water partition coefficient (Wildman–Crippen LogP) is 1.88. The number of halogens is 1. The van der Waals surface area contributed by atoms with E-state index >= 15 is 0 Å². The Morgan fingerprint density at radius 3 is 3.00 bits per heavy atom. The Morgan fingerprint density at radius 1 is 1.86 bits per heavy atom. The third kappa shape index (κ3) is 1.14. The van der Waals surface area contributed by atoms with Gasteiger partial charge in [0.05, 0.1) is 11.6 Å². The van der Waals surface area contributed by atoms with Crippen LogP contribution in [0, 0.1) is 0 Å². The summed E-state index contributed by atoms with van der Waals surface area (Å²) < 4.78 is 3.94. The van der Waals surface area contributed by atoms with Crippen molar-refractivity contribution in [3.63, 3.8) is 0 Å². The lowest BCUT2D eigenvalue weighted by molar-refractivity contribution is 1.29. The Balaban J connectivity index is 2.76. The quantitative estimate of drug-likeness (QED) is 0.533. The van der Waals surface area contributed by atoms with E-state index in [9.17, 15) is 0 Å². The standard InChI is InChI=1S/C4H4ClNS/c5-3-4-1-2-7-6-4/h1-2H,3H2. The fraction of sp³-hybridized carbons (Fsp3) is 0.250. The minimum Gasteiger partial charge on any atom is -0.196 e. The molecule has 0 spiro atoms. The summed E-state index contributed by atoms with van der Waals surface area (Å²) in [6, 6.07) is 1.91. The molecule has 0 N–H and O–H groups in total. The van der Waals surface area contributed by atoms with Gasteiger partial charge in [-0.3, -0.25) is 0 Å². The Morgan fingerprint density at radius 2 is 2.71 bits per heavy atom. The molecule has 0 saturated carbocycles. The highest BCUT2D eigenvalue weighted by atomic mass is 35.5. The molecule has 7 heavy (non-hydrogen) atoms. The van der Waals surface area contributed by atoms with Gasteiger partial charge < -0.3 is 0 Å². The van der Waals surface area contributed by atoms with Crippen LogP contribution in [0.1, 0.15) is 5.69 Å². The fourth-order valence-corrected chi connectivity index (χ4v) is 1.07. The van der Waals surface area contributed by atoms with E-state index in [2.05, 4.69) is 4.37 Å². The Labute approximate surface area is 51.1 Å². The second kappa shape index (κ2) is 2.28. The van der Waals surface area contributed by atoms with Crippen molar-refractivity contribution in [2.45, 2.75) is 5.88 Å². The maximum atomic E-state index is 5.41. The molecule has 0 fully saturated rings. The van der Waals surface area contributed by atoms with Crippen molar-refractivity contribution in [2.75, 3.05) is 0 Å². The molecule has 0 aromatic carbocycles. The molecule has 0 amide bonds. The molecule has 0 atom stereocenters. The van der Waals surface area contributed by atoms with Crippen LogP contribution in [0.15, 0.2) is 11.4 Å². The van der Waals surface area contributed by atoms with Gasteiger partial charge in [0.25, 0.3) is 0 Å². The number of hydrogen-bond acceptors (Lipinski definition) is 2. The van der Waals surface area contributed by atoms with Crippen molar-refractivity contribution in [1.82, 2.24) is 4.37 Å². The van der Waals surface area contributed by atoms with Crippen LogP contribution in [0.5, 0.6) is 0 Å². The zero-order chi connectivity index (χ0) is 5.11. The molecule has 0 radical (unpaired) electrons. The summed E-state index contributed by atoms with van der Waals surface area (Å²) in [6.45, 7) is 0. The zero-order valence-corrected chi connectivity index (χ0v) is 5.17. The van der Waals surface area contributed by atoms with E-state index in [1.54, 1.807) is 0 Å². The second-order valence-corrected chi connectivity index (χ2v) is 2.06. The fourth-order valence-electron chi connectivity index (χ4n) is 0.306. The Hall–Kier alpha value is -0.0800. The van der Waals surface area contributed by atoms with Crippen LogP contribution in [-0.4, -0.2) is 4.37 Å². The summed E-state index contributed by atoms with van der Waals surface area (Å²) in [6.07, 6.45) is 0. The molecule has 1 aromatic heterocycles. The van der Waals surface area contributed by atoms with Crippen LogP contribution in [0.3, 0.4) is 0 Å². The van der Waals surface area contributed by atoms with E-state index < -0.39 is 0 Å². The summed E-state index contributed by atoms with van der Waals surface area (Å²) in [5, 5.41) is 1.91. The van der Waals surface area contributed by atoms with Crippen molar-refractivity contribution >= 4 is 23.1 Å². The van der Waals surface area contributed by atoms with E-state index in [0.717, 1.165) is 5.69 Å². The highest BCUT2D eigenvalue weighted by molar-refractivity contribution is 7.03. The minimum absolute atomic E-state index is 0.531. The summed E-state index contributed by atoms with van der Waals surface area (Å²) >= 11 is 6.84. The highest BCUT2D eigenvalue weighted by Crippen LogP contribution is 2.01. The minimum atomic E-state index is 0.531. The molecule has 1 nitrogen and oxygen atoms in total. The van der Waals surface area contributed by atoms with Gasteiger partial charge in [-0.25, -0.2) is 0 Å². The van der Waals surface area contributed by atoms with E-state index in [1.807, 2.05) is 11.4 Å². The van der Waals surface area contributed by atoms with Gasteiger partial charge in [0.15, 0.2) is 0 Å². The van der Waals surface area contributed by atoms with E-state index in [0.29, 0.717) is 5.88 Å². The molecule has 0 aliphatic heterocycles. The van der Waals surface area contributed by atoms with Gasteiger partial charge >= 0.3 is 0 Å². The molecule has 0 saturated heterocycles. The van der Waals surface area contributed by atoms with Gasteiger partial charge in [0, 0.05) is 5.38 Å². The first-order valence-electron chi connectivity index (χ1n) is 1.88. The first kappa shape index (κ1) is 5.06. The molecule has 1 aromatic rings. The Kier molecular flexibility index (Phi) is 1.65. The summed E-state index contributed by atoms with van der Waals surface area (Å²) in [7, 11) is 0. The molecule has 0 aliphatic rings. The SMILES string of the molecule is ClCc1ccsn1. The molecular weight excluding hydrogens is 130 g/mol. The van der Waals surface area contributed by atoms with E-state index in [-0.39, 0.29) is 0 Å². The van der Waals surface area contributed by atoms with Gasteiger partial charge in [-0.05, 0) is 17.6 Å². The molecule has 1 rings (SSSR count). The number of rotatable bonds is 1. The van der Waals surface area contributed by atoms with Crippen molar-refractivity contribution in [3.05, 3.63) is 17.1 Å². The lowest BCUT2D eigenvalue weighted by atomic mass is 10.5. The van der Waals surface area contributed by atoms with Gasteiger partial charge in [0.2, 0.25) is 0 Å². The summed E-state index contributed by atoms with van der Waals surface area (Å²) in [5.41, 5.74) is 0.965. The van der Waals surface area contributed by atoms with E-state index in [1.165, 1.54) is 11.5 Å². The molecule has 3 heteroatoms. The summed E-state index contributed by atoms with van der Waals surface area (Å²) in [5.74, 6) is 0.531. The van der Waals surface area contributed by atoms with Crippen LogP contribution < -0.4 is 0 Å². The maximum absolute atomic E-state index is 5.41. The van der Waals surface area contributed by atoms with Crippen molar-refractivity contribution in [1.29, 1.82) is 0 Å². The third-order valence-corrected chi connectivity index (χ3v) is 1.50. The number of nitrogens with zero attached hydrogens (tertiary/aromatic N) is 1. The van der Waals surface area contributed by atoms with Crippen molar-refractivity contribution in [3.8, 4) is 0 Å². The Bertz CT molecular complexity index is 126. The zero-order valence-electron chi connectivity index (χ0n) is 3.60. The molecule has 38 valence electrons. The van der Waals surface area contributed by atoms with Crippen LogP contribution in [0.25, 0.3) is 0 Å². The monoisotopic (exact) mass is 133 g/mol. The normalized spacial score (nSPS) is 9.29. The third-order valence-electron chi connectivity index (χ3n) is 0.628. The average molecular weight is 134 g/mol. The van der Waals surface area contributed by atoms with Gasteiger partial charge in [-0.1, -0.05) is 0 Å². The largest absolute Gasteiger partial charge is 0.196 e. The van der Waals surface area contributed by atoms with Crippen molar-refractivity contribution < 1.29 is 0 Å². The second-order valence-electron chi connectivity index (χ2n) is 1.12. The van der Waals surface area contributed by atoms with Crippen LogP contribution in [0.2, 0.25) is 0 Å². The smallest absolute Gasteiger partial charge is 0.0689 e. The first-order valence-corrected chi connectivity index (χ1v) is 3.26. The highest BCUT2D eigenvalue weighted by Gasteiger charge is 1.86. The molecule has 0 aliphatic carbocycles. The van der Waals surface area contributed by atoms with Gasteiger partial charge in [-0.15, -0.1) is 11.6 Å². The predicted molar refractivity (Wildman–Crippen MR) is 31.7 cm³/mol. The lowest BCUT2D eigenvalue weighted by Gasteiger charge is -1.74. The molecule has 0 unspecified atom stereocenters. The lowest BCUT2D eigenvalue weighted by Crippen LogP contribution is -1.69. The molecule has 0 bridgehead atoms. The topological polar surface area (TPSA) is 12.9 Å². The van der Waals surface area contributed by atoms with Crippen LogP contribution >= 0.6 is 23.1 Å². The van der Waals surface area contributed by atoms with Gasteiger partial charge in [0.1, 0.15) is 0 Å². The number of alkyl halides is 1.